The molecule has 0 unspecified atom stereocenters. The van der Waals surface area contributed by atoms with Crippen LogP contribution in [0.5, 0.6) is 5.75 Å². The number of methoxy groups -OCH3 is 1. The Balaban J connectivity index is 2.54. The van der Waals surface area contributed by atoms with Crippen LogP contribution in [0.4, 0.5) is 19.0 Å². The van der Waals surface area contributed by atoms with E-state index in [1.54, 1.807) is 0 Å². The number of rotatable bonds is 9. The Morgan fingerprint density at radius 3 is 2.29 bits per heavy atom. The fourth-order valence-electron chi connectivity index (χ4n) is 3.03. The quantitative estimate of drug-likeness (QED) is 0.537. The molecule has 0 amide bonds. The van der Waals surface area contributed by atoms with E-state index in [2.05, 4.69) is 22.2 Å². The van der Waals surface area contributed by atoms with Crippen LogP contribution in [0.2, 0.25) is 0 Å². The Labute approximate surface area is 164 Å². The van der Waals surface area contributed by atoms with Crippen molar-refractivity contribution < 1.29 is 17.9 Å². The van der Waals surface area contributed by atoms with Gasteiger partial charge >= 0.3 is 6.18 Å². The van der Waals surface area contributed by atoms with Gasteiger partial charge in [-0.1, -0.05) is 33.6 Å². The average Bonchev–Trinajstić information content (AvgIpc) is 2.69. The summed E-state index contributed by atoms with van der Waals surface area (Å²) >= 11 is 0. The standard InChI is InChI=1S/C21H28F3N3O/c1-5-8-9-12-25-20-18(7-3)26-19(17(6-2)27-20)15-11-10-14(28-4)13-16(15)21(22,23)24/h10-11,13H,5-9,12H2,1-4H3,(H,25,27). The molecule has 1 aromatic heterocycles. The predicted octanol–water partition coefficient (Wildman–Crippen LogP) is 5.90. The highest BCUT2D eigenvalue weighted by atomic mass is 19.4. The number of halogens is 3. The number of nitrogens with one attached hydrogen (secondary N) is 1. The summed E-state index contributed by atoms with van der Waals surface area (Å²) in [6, 6.07) is 3.95. The van der Waals surface area contributed by atoms with Crippen molar-refractivity contribution >= 4 is 5.82 Å². The SMILES string of the molecule is CCCCCNc1nc(CC)c(-c2ccc(OC)cc2C(F)(F)F)nc1CC. The summed E-state index contributed by atoms with van der Waals surface area (Å²) in [7, 11) is 1.35. The predicted molar refractivity (Wildman–Crippen MR) is 106 cm³/mol. The third kappa shape index (κ3) is 5.14. The zero-order valence-corrected chi connectivity index (χ0v) is 16.9. The van der Waals surface area contributed by atoms with Gasteiger partial charge in [0.25, 0.3) is 0 Å². The molecule has 0 bridgehead atoms. The molecule has 7 heteroatoms. The van der Waals surface area contributed by atoms with E-state index in [1.807, 2.05) is 13.8 Å². The first-order valence-electron chi connectivity index (χ1n) is 9.74. The number of hydrogen-bond acceptors (Lipinski definition) is 4. The number of benzene rings is 1. The van der Waals surface area contributed by atoms with E-state index in [9.17, 15) is 13.2 Å². The van der Waals surface area contributed by atoms with E-state index < -0.39 is 11.7 Å². The van der Waals surface area contributed by atoms with Gasteiger partial charge < -0.3 is 10.1 Å². The maximum Gasteiger partial charge on any atom is 0.417 e. The number of aryl methyl sites for hydroxylation is 2. The third-order valence-corrected chi connectivity index (χ3v) is 4.57. The number of hydrogen-bond donors (Lipinski definition) is 1. The van der Waals surface area contributed by atoms with Crippen molar-refractivity contribution in [2.75, 3.05) is 19.0 Å². The van der Waals surface area contributed by atoms with Gasteiger partial charge in [-0.05, 0) is 37.5 Å². The summed E-state index contributed by atoms with van der Waals surface area (Å²) in [5, 5.41) is 3.30. The Hall–Kier alpha value is -2.31. The summed E-state index contributed by atoms with van der Waals surface area (Å²) in [4.78, 5) is 9.22. The summed E-state index contributed by atoms with van der Waals surface area (Å²) in [5.41, 5.74) is 0.776. The molecule has 0 aliphatic carbocycles. The van der Waals surface area contributed by atoms with Crippen LogP contribution in [0, 0.1) is 0 Å². The minimum atomic E-state index is -4.51. The molecule has 0 atom stereocenters. The molecular weight excluding hydrogens is 367 g/mol. The first-order chi connectivity index (χ1) is 13.3. The monoisotopic (exact) mass is 395 g/mol. The molecule has 28 heavy (non-hydrogen) atoms. The lowest BCUT2D eigenvalue weighted by Crippen LogP contribution is -2.13. The second kappa shape index (κ2) is 9.75. The fraction of sp³-hybridized carbons (Fsp3) is 0.524. The zero-order valence-electron chi connectivity index (χ0n) is 16.9. The summed E-state index contributed by atoms with van der Waals surface area (Å²) < 4.78 is 46.0. The zero-order chi connectivity index (χ0) is 20.7. The van der Waals surface area contributed by atoms with Gasteiger partial charge in [-0.3, -0.25) is 0 Å². The molecule has 0 spiro atoms. The molecule has 1 aromatic carbocycles. The van der Waals surface area contributed by atoms with Crippen molar-refractivity contribution in [1.82, 2.24) is 9.97 Å². The normalized spacial score (nSPS) is 11.5. The Kier molecular flexibility index (Phi) is 7.66. The molecule has 4 nitrogen and oxygen atoms in total. The maximum atomic E-state index is 13.7. The van der Waals surface area contributed by atoms with Gasteiger partial charge in [0.15, 0.2) is 0 Å². The number of anilines is 1. The fourth-order valence-corrected chi connectivity index (χ4v) is 3.03. The van der Waals surface area contributed by atoms with Crippen molar-refractivity contribution in [2.45, 2.75) is 59.1 Å². The van der Waals surface area contributed by atoms with Crippen LogP contribution in [0.3, 0.4) is 0 Å². The van der Waals surface area contributed by atoms with Crippen LogP contribution in [-0.4, -0.2) is 23.6 Å². The number of aromatic nitrogens is 2. The molecule has 0 fully saturated rings. The van der Waals surface area contributed by atoms with Gasteiger partial charge in [0.1, 0.15) is 11.6 Å². The van der Waals surface area contributed by atoms with E-state index in [1.165, 1.54) is 19.2 Å². The first kappa shape index (κ1) is 22.0. The van der Waals surface area contributed by atoms with Gasteiger partial charge in [0.05, 0.1) is 29.8 Å². The van der Waals surface area contributed by atoms with Crippen molar-refractivity contribution in [2.24, 2.45) is 0 Å². The Morgan fingerprint density at radius 1 is 1.00 bits per heavy atom. The Bertz CT molecular complexity index is 791. The lowest BCUT2D eigenvalue weighted by Gasteiger charge is -2.18. The number of unbranched alkanes of at least 4 members (excludes halogenated alkanes) is 2. The highest BCUT2D eigenvalue weighted by Gasteiger charge is 2.35. The molecule has 0 aliphatic rings. The molecule has 0 saturated carbocycles. The summed E-state index contributed by atoms with van der Waals surface area (Å²) in [5.74, 6) is 0.827. The molecule has 1 N–H and O–H groups in total. The van der Waals surface area contributed by atoms with Gasteiger partial charge in [0, 0.05) is 12.1 Å². The Morgan fingerprint density at radius 2 is 1.71 bits per heavy atom. The minimum absolute atomic E-state index is 0.0323. The molecule has 154 valence electrons. The van der Waals surface area contributed by atoms with E-state index >= 15 is 0 Å². The number of nitrogens with zero attached hydrogens (tertiary/aromatic N) is 2. The van der Waals surface area contributed by atoms with Gasteiger partial charge in [-0.15, -0.1) is 0 Å². The van der Waals surface area contributed by atoms with Crippen LogP contribution in [0.1, 0.15) is 57.0 Å². The van der Waals surface area contributed by atoms with Crippen LogP contribution in [0.15, 0.2) is 18.2 Å². The molecule has 1 heterocycles. The van der Waals surface area contributed by atoms with Crippen LogP contribution >= 0.6 is 0 Å². The highest BCUT2D eigenvalue weighted by molar-refractivity contribution is 5.69. The minimum Gasteiger partial charge on any atom is -0.497 e. The van der Waals surface area contributed by atoms with Crippen molar-refractivity contribution in [3.8, 4) is 17.0 Å². The molecule has 0 radical (unpaired) electrons. The van der Waals surface area contributed by atoms with Crippen LogP contribution in [-0.2, 0) is 19.0 Å². The summed E-state index contributed by atoms with van der Waals surface area (Å²) in [6.45, 7) is 6.70. The average molecular weight is 395 g/mol. The van der Waals surface area contributed by atoms with Crippen molar-refractivity contribution in [1.29, 1.82) is 0 Å². The maximum absolute atomic E-state index is 13.7. The molecule has 0 aliphatic heterocycles. The van der Waals surface area contributed by atoms with Crippen LogP contribution < -0.4 is 10.1 Å². The van der Waals surface area contributed by atoms with E-state index in [0.29, 0.717) is 30.0 Å². The van der Waals surface area contributed by atoms with E-state index in [0.717, 1.165) is 31.9 Å². The second-order valence-corrected chi connectivity index (χ2v) is 6.56. The highest BCUT2D eigenvalue weighted by Crippen LogP contribution is 2.39. The molecule has 2 aromatic rings. The largest absolute Gasteiger partial charge is 0.497 e. The summed E-state index contributed by atoms with van der Waals surface area (Å²) in [6.07, 6.45) is -0.204. The molecule has 2 rings (SSSR count). The van der Waals surface area contributed by atoms with Gasteiger partial charge in [-0.2, -0.15) is 13.2 Å². The van der Waals surface area contributed by atoms with Crippen LogP contribution in [0.25, 0.3) is 11.3 Å². The lowest BCUT2D eigenvalue weighted by molar-refractivity contribution is -0.137. The molecule has 0 saturated heterocycles. The van der Waals surface area contributed by atoms with Crippen molar-refractivity contribution in [3.05, 3.63) is 35.2 Å². The molecular formula is C21H28F3N3O. The van der Waals surface area contributed by atoms with E-state index in [-0.39, 0.29) is 17.0 Å². The van der Waals surface area contributed by atoms with Crippen molar-refractivity contribution in [3.63, 3.8) is 0 Å². The number of ether oxygens (including phenoxy) is 1. The smallest absolute Gasteiger partial charge is 0.417 e. The first-order valence-corrected chi connectivity index (χ1v) is 9.74. The van der Waals surface area contributed by atoms with Gasteiger partial charge in [0.2, 0.25) is 0 Å². The second-order valence-electron chi connectivity index (χ2n) is 6.56. The van der Waals surface area contributed by atoms with E-state index in [4.69, 9.17) is 4.74 Å². The topological polar surface area (TPSA) is 47.0 Å². The number of alkyl halides is 3. The van der Waals surface area contributed by atoms with Gasteiger partial charge in [-0.25, -0.2) is 9.97 Å². The lowest BCUT2D eigenvalue weighted by atomic mass is 10.0. The third-order valence-electron chi connectivity index (χ3n) is 4.57.